The number of amides is 1. The molecule has 2 aromatic carbocycles. The van der Waals surface area contributed by atoms with Crippen LogP contribution >= 0.6 is 0 Å². The number of benzene rings is 2. The highest BCUT2D eigenvalue weighted by molar-refractivity contribution is 7.89. The Morgan fingerprint density at radius 2 is 1.85 bits per heavy atom. The molecular formula is C24H29N3O5S. The molecule has 1 amide bonds. The van der Waals surface area contributed by atoms with E-state index in [0.717, 1.165) is 15.9 Å². The maximum atomic E-state index is 13.5. The molecule has 0 aromatic heterocycles. The van der Waals surface area contributed by atoms with Crippen LogP contribution in [0.25, 0.3) is 0 Å². The molecule has 0 aliphatic carbocycles. The second-order valence-electron chi connectivity index (χ2n) is 8.27. The third kappa shape index (κ3) is 6.11. The lowest BCUT2D eigenvalue weighted by atomic mass is 10.0. The van der Waals surface area contributed by atoms with Gasteiger partial charge in [0.05, 0.1) is 31.4 Å². The van der Waals surface area contributed by atoms with Crippen molar-refractivity contribution in [2.75, 3.05) is 39.4 Å². The van der Waals surface area contributed by atoms with E-state index in [-0.39, 0.29) is 29.5 Å². The van der Waals surface area contributed by atoms with Crippen LogP contribution in [0.1, 0.15) is 36.5 Å². The summed E-state index contributed by atoms with van der Waals surface area (Å²) in [5.74, 6) is -0.399. The normalized spacial score (nSPS) is 14.5. The number of phenols is 1. The molecule has 0 unspecified atom stereocenters. The van der Waals surface area contributed by atoms with Crippen LogP contribution in [0.3, 0.4) is 0 Å². The van der Waals surface area contributed by atoms with Gasteiger partial charge in [-0.15, -0.1) is 0 Å². The average Bonchev–Trinajstić information content (AvgIpc) is 2.82. The third-order valence-electron chi connectivity index (χ3n) is 5.68. The summed E-state index contributed by atoms with van der Waals surface area (Å²) < 4.78 is 33.3. The Labute approximate surface area is 195 Å². The maximum Gasteiger partial charge on any atom is 0.247 e. The van der Waals surface area contributed by atoms with Crippen LogP contribution in [0.5, 0.6) is 5.75 Å². The van der Waals surface area contributed by atoms with Crippen molar-refractivity contribution in [1.29, 1.82) is 5.26 Å². The average molecular weight is 472 g/mol. The van der Waals surface area contributed by atoms with E-state index in [0.29, 0.717) is 38.6 Å². The van der Waals surface area contributed by atoms with Gasteiger partial charge < -0.3 is 14.7 Å². The third-order valence-corrected chi connectivity index (χ3v) is 7.55. The fourth-order valence-corrected chi connectivity index (χ4v) is 5.10. The second-order valence-corrected chi connectivity index (χ2v) is 10.2. The molecule has 0 spiro atoms. The van der Waals surface area contributed by atoms with Gasteiger partial charge in [-0.3, -0.25) is 4.79 Å². The Morgan fingerprint density at radius 3 is 2.45 bits per heavy atom. The molecule has 1 aliphatic heterocycles. The zero-order valence-corrected chi connectivity index (χ0v) is 19.7. The zero-order chi connectivity index (χ0) is 24.0. The van der Waals surface area contributed by atoms with Gasteiger partial charge in [0.1, 0.15) is 10.6 Å². The van der Waals surface area contributed by atoms with Gasteiger partial charge in [0.2, 0.25) is 15.9 Å². The molecule has 2 aromatic rings. The molecule has 1 aliphatic rings. The molecule has 1 fully saturated rings. The summed E-state index contributed by atoms with van der Waals surface area (Å²) in [4.78, 5) is 14.1. The second kappa shape index (κ2) is 10.8. The Balaban J connectivity index is 1.87. The first-order valence-electron chi connectivity index (χ1n) is 10.9. The summed E-state index contributed by atoms with van der Waals surface area (Å²) in [5.41, 5.74) is 2.23. The van der Waals surface area contributed by atoms with Gasteiger partial charge in [-0.2, -0.15) is 9.57 Å². The largest absolute Gasteiger partial charge is 0.507 e. The highest BCUT2D eigenvalue weighted by Crippen LogP contribution is 2.27. The zero-order valence-electron chi connectivity index (χ0n) is 18.9. The number of morpholine rings is 1. The lowest BCUT2D eigenvalue weighted by molar-refractivity contribution is -0.135. The van der Waals surface area contributed by atoms with Crippen molar-refractivity contribution >= 4 is 15.9 Å². The Bertz CT molecular complexity index is 1120. The SMILES string of the molecule is CC(C)c1ccc(CCN(CC(=O)N2CCOCC2)S(=O)(=O)c2cc(C#N)ccc2O)cc1. The van der Waals surface area contributed by atoms with Gasteiger partial charge in [0.25, 0.3) is 0 Å². The molecule has 1 N–H and O–H groups in total. The minimum atomic E-state index is -4.24. The molecule has 1 heterocycles. The lowest BCUT2D eigenvalue weighted by Gasteiger charge is -2.30. The Hall–Kier alpha value is -2.93. The van der Waals surface area contributed by atoms with Crippen LogP contribution in [0.4, 0.5) is 0 Å². The van der Waals surface area contributed by atoms with Crippen LogP contribution in [-0.2, 0) is 26.0 Å². The fraction of sp³-hybridized carbons (Fsp3) is 0.417. The summed E-state index contributed by atoms with van der Waals surface area (Å²) in [6.07, 6.45) is 0.396. The molecule has 0 radical (unpaired) electrons. The summed E-state index contributed by atoms with van der Waals surface area (Å²) in [6, 6.07) is 13.5. The Morgan fingerprint density at radius 1 is 1.18 bits per heavy atom. The van der Waals surface area contributed by atoms with Gasteiger partial charge in [-0.1, -0.05) is 38.1 Å². The molecular weight excluding hydrogens is 442 g/mol. The van der Waals surface area contributed by atoms with Crippen molar-refractivity contribution in [3.05, 3.63) is 59.2 Å². The number of nitrogens with zero attached hydrogens (tertiary/aromatic N) is 3. The van der Waals surface area contributed by atoms with Crippen molar-refractivity contribution in [2.24, 2.45) is 0 Å². The fourth-order valence-electron chi connectivity index (χ4n) is 3.60. The number of carbonyl (C=O) groups excluding carboxylic acids is 1. The van der Waals surface area contributed by atoms with Crippen molar-refractivity contribution in [2.45, 2.75) is 31.1 Å². The number of aromatic hydroxyl groups is 1. The predicted octanol–water partition coefficient (Wildman–Crippen LogP) is 2.48. The molecule has 0 saturated carbocycles. The molecule has 3 rings (SSSR count). The summed E-state index contributed by atoms with van der Waals surface area (Å²) >= 11 is 0. The molecule has 176 valence electrons. The van der Waals surface area contributed by atoms with Crippen molar-refractivity contribution < 1.29 is 23.1 Å². The molecule has 33 heavy (non-hydrogen) atoms. The van der Waals surface area contributed by atoms with E-state index < -0.39 is 15.8 Å². The van der Waals surface area contributed by atoms with Crippen LogP contribution in [0.2, 0.25) is 0 Å². The van der Waals surface area contributed by atoms with E-state index in [2.05, 4.69) is 13.8 Å². The summed E-state index contributed by atoms with van der Waals surface area (Å²) in [6.45, 7) is 5.51. The van der Waals surface area contributed by atoms with Gasteiger partial charge in [0, 0.05) is 19.6 Å². The highest BCUT2D eigenvalue weighted by atomic mass is 32.2. The van der Waals surface area contributed by atoms with E-state index in [1.54, 1.807) is 4.90 Å². The van der Waals surface area contributed by atoms with Crippen LogP contribution in [-0.4, -0.2) is 68.0 Å². The number of phenolic OH excluding ortho intramolecular Hbond substituents is 1. The van der Waals surface area contributed by atoms with Crippen molar-refractivity contribution in [1.82, 2.24) is 9.21 Å². The summed E-state index contributed by atoms with van der Waals surface area (Å²) in [5, 5.41) is 19.4. The van der Waals surface area contributed by atoms with E-state index in [9.17, 15) is 23.6 Å². The van der Waals surface area contributed by atoms with Gasteiger partial charge in [-0.25, -0.2) is 8.42 Å². The van der Waals surface area contributed by atoms with Crippen molar-refractivity contribution in [3.8, 4) is 11.8 Å². The number of hydrogen-bond acceptors (Lipinski definition) is 6. The highest BCUT2D eigenvalue weighted by Gasteiger charge is 2.31. The monoisotopic (exact) mass is 471 g/mol. The van der Waals surface area contributed by atoms with E-state index >= 15 is 0 Å². The van der Waals surface area contributed by atoms with Gasteiger partial charge in [0.15, 0.2) is 0 Å². The minimum Gasteiger partial charge on any atom is -0.507 e. The van der Waals surface area contributed by atoms with Crippen LogP contribution in [0.15, 0.2) is 47.4 Å². The molecule has 0 atom stereocenters. The molecule has 8 nitrogen and oxygen atoms in total. The number of nitriles is 1. The smallest absolute Gasteiger partial charge is 0.247 e. The standard InChI is InChI=1S/C24H29N3O5S/c1-18(2)21-6-3-19(4-7-21)9-10-27(17-24(29)26-11-13-32-14-12-26)33(30,31)23-15-20(16-25)5-8-22(23)28/h3-8,15,18,28H,9-14,17H2,1-2H3. The van der Waals surface area contributed by atoms with Crippen molar-refractivity contribution in [3.63, 3.8) is 0 Å². The van der Waals surface area contributed by atoms with Gasteiger partial charge in [-0.05, 0) is 41.7 Å². The number of rotatable bonds is 8. The van der Waals surface area contributed by atoms with Crippen LogP contribution in [0, 0.1) is 11.3 Å². The minimum absolute atomic E-state index is 0.0512. The molecule has 0 bridgehead atoms. The number of hydrogen-bond donors (Lipinski definition) is 1. The first kappa shape index (κ1) is 24.7. The number of sulfonamides is 1. The lowest BCUT2D eigenvalue weighted by Crippen LogP contribution is -2.47. The van der Waals surface area contributed by atoms with E-state index in [1.165, 1.54) is 17.7 Å². The molecule has 9 heteroatoms. The predicted molar refractivity (Wildman–Crippen MR) is 123 cm³/mol. The number of carbonyl (C=O) groups is 1. The first-order valence-corrected chi connectivity index (χ1v) is 12.3. The maximum absolute atomic E-state index is 13.5. The van der Waals surface area contributed by atoms with E-state index in [1.807, 2.05) is 30.3 Å². The first-order chi connectivity index (χ1) is 15.7. The molecule has 1 saturated heterocycles. The Kier molecular flexibility index (Phi) is 8.08. The van der Waals surface area contributed by atoms with Gasteiger partial charge >= 0.3 is 0 Å². The summed E-state index contributed by atoms with van der Waals surface area (Å²) in [7, 11) is -4.24. The quantitative estimate of drug-likeness (QED) is 0.633. The van der Waals surface area contributed by atoms with E-state index in [4.69, 9.17) is 4.74 Å². The topological polar surface area (TPSA) is 111 Å². The number of ether oxygens (including phenoxy) is 1. The van der Waals surface area contributed by atoms with Crippen LogP contribution < -0.4 is 0 Å².